The van der Waals surface area contributed by atoms with E-state index in [0.29, 0.717) is 12.1 Å². The Morgan fingerprint density at radius 1 is 1.63 bits per heavy atom. The maximum Gasteiger partial charge on any atom is 0.257 e. The Labute approximate surface area is 116 Å². The van der Waals surface area contributed by atoms with Crippen molar-refractivity contribution >= 4 is 24.0 Å². The first-order valence-corrected chi connectivity index (χ1v) is 5.76. The van der Waals surface area contributed by atoms with Crippen molar-refractivity contribution in [3.8, 4) is 0 Å². The van der Waals surface area contributed by atoms with E-state index in [1.165, 1.54) is 12.4 Å². The van der Waals surface area contributed by atoms with Gasteiger partial charge in [0.1, 0.15) is 6.54 Å². The molecule has 0 spiro atoms. The van der Waals surface area contributed by atoms with Crippen LogP contribution in [0.5, 0.6) is 0 Å². The first-order chi connectivity index (χ1) is 8.35. The Morgan fingerprint density at radius 2 is 2.26 bits per heavy atom. The standard InChI is InChI=1S/C11H18F2N4O.ClH/c1-3-4-11(2,14)10(18)16-8-5-15-17(6-8)7-9(12)13;/h5-6,9H,3-4,7,14H2,1-2H3,(H,16,18);1H. The number of nitrogens with two attached hydrogens (primary N) is 1. The van der Waals surface area contributed by atoms with E-state index in [1.54, 1.807) is 6.92 Å². The molecule has 0 aliphatic rings. The van der Waals surface area contributed by atoms with Crippen LogP contribution in [0.25, 0.3) is 0 Å². The van der Waals surface area contributed by atoms with Crippen molar-refractivity contribution in [3.05, 3.63) is 12.4 Å². The smallest absolute Gasteiger partial charge is 0.257 e. The van der Waals surface area contributed by atoms with Crippen LogP contribution in [-0.2, 0) is 11.3 Å². The third-order valence-corrected chi connectivity index (χ3v) is 2.50. The van der Waals surface area contributed by atoms with E-state index in [2.05, 4.69) is 10.4 Å². The lowest BCUT2D eigenvalue weighted by atomic mass is 9.96. The molecule has 3 N–H and O–H groups in total. The lowest BCUT2D eigenvalue weighted by Gasteiger charge is -2.22. The fourth-order valence-corrected chi connectivity index (χ4v) is 1.58. The van der Waals surface area contributed by atoms with E-state index in [1.807, 2.05) is 6.92 Å². The molecular formula is C11H19ClF2N4O. The van der Waals surface area contributed by atoms with Crippen molar-refractivity contribution in [3.63, 3.8) is 0 Å². The molecule has 8 heteroatoms. The minimum atomic E-state index is -2.48. The molecule has 0 saturated carbocycles. The summed E-state index contributed by atoms with van der Waals surface area (Å²) < 4.78 is 25.3. The molecule has 1 aromatic heterocycles. The number of anilines is 1. The van der Waals surface area contributed by atoms with Gasteiger partial charge in [0.05, 0.1) is 17.4 Å². The van der Waals surface area contributed by atoms with Crippen molar-refractivity contribution in [1.29, 1.82) is 0 Å². The van der Waals surface area contributed by atoms with Gasteiger partial charge in [-0.2, -0.15) is 5.10 Å². The van der Waals surface area contributed by atoms with Crippen LogP contribution in [0.15, 0.2) is 12.4 Å². The number of rotatable bonds is 6. The van der Waals surface area contributed by atoms with Crippen molar-refractivity contribution in [2.75, 3.05) is 5.32 Å². The van der Waals surface area contributed by atoms with E-state index in [4.69, 9.17) is 5.73 Å². The number of aromatic nitrogens is 2. The number of carbonyl (C=O) groups is 1. The molecule has 19 heavy (non-hydrogen) atoms. The summed E-state index contributed by atoms with van der Waals surface area (Å²) in [5.74, 6) is -0.346. The second-order valence-corrected chi connectivity index (χ2v) is 4.46. The second kappa shape index (κ2) is 7.40. The van der Waals surface area contributed by atoms with Gasteiger partial charge in [0.2, 0.25) is 5.91 Å². The van der Waals surface area contributed by atoms with Gasteiger partial charge in [0.25, 0.3) is 6.43 Å². The molecule has 1 heterocycles. The highest BCUT2D eigenvalue weighted by atomic mass is 35.5. The maximum absolute atomic E-state index is 12.1. The van der Waals surface area contributed by atoms with Crippen LogP contribution in [-0.4, -0.2) is 27.7 Å². The van der Waals surface area contributed by atoms with E-state index < -0.39 is 18.5 Å². The minimum absolute atomic E-state index is 0. The summed E-state index contributed by atoms with van der Waals surface area (Å²) in [7, 11) is 0. The molecular weight excluding hydrogens is 278 g/mol. The number of nitrogens with zero attached hydrogens (tertiary/aromatic N) is 2. The Hall–Kier alpha value is -1.21. The summed E-state index contributed by atoms with van der Waals surface area (Å²) in [6, 6.07) is 0. The first-order valence-electron chi connectivity index (χ1n) is 5.76. The molecule has 1 atom stereocenters. The Balaban J connectivity index is 0.00000324. The zero-order valence-electron chi connectivity index (χ0n) is 10.9. The quantitative estimate of drug-likeness (QED) is 0.843. The van der Waals surface area contributed by atoms with E-state index in [0.717, 1.165) is 11.1 Å². The predicted molar refractivity (Wildman–Crippen MR) is 71.6 cm³/mol. The van der Waals surface area contributed by atoms with Gasteiger partial charge >= 0.3 is 0 Å². The van der Waals surface area contributed by atoms with Crippen LogP contribution in [0.2, 0.25) is 0 Å². The molecule has 5 nitrogen and oxygen atoms in total. The Bertz CT molecular complexity index is 409. The molecule has 0 radical (unpaired) electrons. The summed E-state index contributed by atoms with van der Waals surface area (Å²) in [6.07, 6.45) is 1.53. The normalized spacial score (nSPS) is 13.8. The zero-order valence-corrected chi connectivity index (χ0v) is 11.7. The summed E-state index contributed by atoms with van der Waals surface area (Å²) in [5, 5.41) is 6.29. The molecule has 1 aromatic rings. The van der Waals surface area contributed by atoms with Crippen LogP contribution in [0.4, 0.5) is 14.5 Å². The number of alkyl halides is 2. The van der Waals surface area contributed by atoms with Gasteiger partial charge in [-0.25, -0.2) is 8.78 Å². The number of carbonyl (C=O) groups excluding carboxylic acids is 1. The Morgan fingerprint density at radius 3 is 2.79 bits per heavy atom. The van der Waals surface area contributed by atoms with Crippen molar-refractivity contribution < 1.29 is 13.6 Å². The summed E-state index contributed by atoms with van der Waals surface area (Å²) in [5.41, 5.74) is 5.24. The van der Waals surface area contributed by atoms with Gasteiger partial charge in [0.15, 0.2) is 0 Å². The maximum atomic E-state index is 12.1. The molecule has 0 aliphatic carbocycles. The number of hydrogen-bond donors (Lipinski definition) is 2. The molecule has 1 unspecified atom stereocenters. The summed E-state index contributed by atoms with van der Waals surface area (Å²) in [4.78, 5) is 11.8. The number of amides is 1. The number of hydrogen-bond acceptors (Lipinski definition) is 3. The lowest BCUT2D eigenvalue weighted by molar-refractivity contribution is -0.120. The minimum Gasteiger partial charge on any atom is -0.322 e. The average molecular weight is 297 g/mol. The topological polar surface area (TPSA) is 72.9 Å². The number of halogens is 3. The third kappa shape index (κ3) is 5.52. The Kier molecular flexibility index (Phi) is 6.93. The van der Waals surface area contributed by atoms with Crippen LogP contribution in [0.3, 0.4) is 0 Å². The molecule has 110 valence electrons. The van der Waals surface area contributed by atoms with Crippen LogP contribution in [0, 0.1) is 0 Å². The molecule has 0 saturated heterocycles. The SMILES string of the molecule is CCCC(C)(N)C(=O)Nc1cnn(CC(F)F)c1.Cl. The fraction of sp³-hybridized carbons (Fsp3) is 0.636. The van der Waals surface area contributed by atoms with Crippen LogP contribution in [0.1, 0.15) is 26.7 Å². The molecule has 0 aromatic carbocycles. The van der Waals surface area contributed by atoms with E-state index in [9.17, 15) is 13.6 Å². The summed E-state index contributed by atoms with van der Waals surface area (Å²) >= 11 is 0. The van der Waals surface area contributed by atoms with Gasteiger partial charge in [-0.3, -0.25) is 9.48 Å². The van der Waals surface area contributed by atoms with Crippen molar-refractivity contribution in [2.45, 2.75) is 45.2 Å². The zero-order chi connectivity index (χ0) is 13.8. The van der Waals surface area contributed by atoms with Crippen molar-refractivity contribution in [2.24, 2.45) is 5.73 Å². The molecule has 0 aliphatic heterocycles. The van der Waals surface area contributed by atoms with Gasteiger partial charge < -0.3 is 11.1 Å². The molecule has 0 bridgehead atoms. The molecule has 1 rings (SSSR count). The molecule has 0 fully saturated rings. The second-order valence-electron chi connectivity index (χ2n) is 4.46. The lowest BCUT2D eigenvalue weighted by Crippen LogP contribution is -2.48. The van der Waals surface area contributed by atoms with Gasteiger partial charge in [-0.05, 0) is 13.3 Å². The number of nitrogens with one attached hydrogen (secondary N) is 1. The van der Waals surface area contributed by atoms with E-state index >= 15 is 0 Å². The van der Waals surface area contributed by atoms with Gasteiger partial charge in [-0.1, -0.05) is 13.3 Å². The average Bonchev–Trinajstić information content (AvgIpc) is 2.64. The monoisotopic (exact) mass is 296 g/mol. The van der Waals surface area contributed by atoms with Crippen LogP contribution >= 0.6 is 12.4 Å². The van der Waals surface area contributed by atoms with Gasteiger partial charge in [0, 0.05) is 6.20 Å². The summed E-state index contributed by atoms with van der Waals surface area (Å²) in [6.45, 7) is 3.07. The highest BCUT2D eigenvalue weighted by molar-refractivity contribution is 5.97. The van der Waals surface area contributed by atoms with Crippen molar-refractivity contribution in [1.82, 2.24) is 9.78 Å². The first kappa shape index (κ1) is 17.8. The predicted octanol–water partition coefficient (Wildman–Crippen LogP) is 2.03. The third-order valence-electron chi connectivity index (χ3n) is 2.50. The fourth-order valence-electron chi connectivity index (χ4n) is 1.58. The molecule has 1 amide bonds. The van der Waals surface area contributed by atoms with Crippen LogP contribution < -0.4 is 11.1 Å². The highest BCUT2D eigenvalue weighted by Crippen LogP contribution is 2.13. The van der Waals surface area contributed by atoms with E-state index in [-0.39, 0.29) is 18.3 Å². The highest BCUT2D eigenvalue weighted by Gasteiger charge is 2.27. The van der Waals surface area contributed by atoms with Gasteiger partial charge in [-0.15, -0.1) is 12.4 Å². The largest absolute Gasteiger partial charge is 0.322 e.